The number of halogens is 2. The third-order valence-corrected chi connectivity index (χ3v) is 7.93. The molecule has 2 aromatic heterocycles. The van der Waals surface area contributed by atoms with Gasteiger partial charge in [-0.3, -0.25) is 9.69 Å². The summed E-state index contributed by atoms with van der Waals surface area (Å²) in [5.41, 5.74) is 1.65. The Kier molecular flexibility index (Phi) is 10.6. The Labute approximate surface area is 251 Å². The van der Waals surface area contributed by atoms with E-state index in [1.165, 1.54) is 43.9 Å². The van der Waals surface area contributed by atoms with Crippen molar-refractivity contribution in [2.24, 2.45) is 5.92 Å². The molecule has 3 aromatic rings. The molecule has 0 radical (unpaired) electrons. The second-order valence-electron chi connectivity index (χ2n) is 11.0. The van der Waals surface area contributed by atoms with Gasteiger partial charge in [-0.2, -0.15) is 0 Å². The number of benzene rings is 1. The average molecular weight is 597 g/mol. The van der Waals surface area contributed by atoms with Crippen LogP contribution in [0.4, 0.5) is 21.6 Å². The van der Waals surface area contributed by atoms with Crippen LogP contribution >= 0.6 is 11.6 Å². The van der Waals surface area contributed by atoms with E-state index in [0.29, 0.717) is 47.7 Å². The lowest BCUT2D eigenvalue weighted by atomic mass is 9.92. The summed E-state index contributed by atoms with van der Waals surface area (Å²) >= 11 is 6.12. The van der Waals surface area contributed by atoms with Gasteiger partial charge in [-0.1, -0.05) is 44.2 Å². The van der Waals surface area contributed by atoms with Crippen LogP contribution in [-0.4, -0.2) is 64.9 Å². The fourth-order valence-electron chi connectivity index (χ4n) is 5.51. The van der Waals surface area contributed by atoms with Crippen LogP contribution in [0.15, 0.2) is 42.6 Å². The normalized spacial score (nSPS) is 19.6. The van der Waals surface area contributed by atoms with Crippen LogP contribution in [0.3, 0.4) is 0 Å². The minimum atomic E-state index is -0.465. The lowest BCUT2D eigenvalue weighted by molar-refractivity contribution is -0.117. The summed E-state index contributed by atoms with van der Waals surface area (Å²) in [6.45, 7) is 5.50. The largest absolute Gasteiger partial charge is 0.469 e. The predicted molar refractivity (Wildman–Crippen MR) is 162 cm³/mol. The summed E-state index contributed by atoms with van der Waals surface area (Å²) in [7, 11) is 0. The number of rotatable bonds is 10. The van der Waals surface area contributed by atoms with Gasteiger partial charge in [0.25, 0.3) is 5.88 Å². The number of likely N-dealkylation sites (tertiary alicyclic amines) is 1. The van der Waals surface area contributed by atoms with Crippen LogP contribution < -0.4 is 15.4 Å². The number of hydrogen-bond donors (Lipinski definition) is 2. The molecule has 5 rings (SSSR count). The first-order chi connectivity index (χ1) is 20.5. The Bertz CT molecular complexity index is 1360. The van der Waals surface area contributed by atoms with Crippen molar-refractivity contribution in [3.63, 3.8) is 0 Å². The van der Waals surface area contributed by atoms with E-state index in [1.54, 1.807) is 24.4 Å². The number of aromatic nitrogens is 3. The minimum Gasteiger partial charge on any atom is -0.469 e. The maximum absolute atomic E-state index is 14.6. The summed E-state index contributed by atoms with van der Waals surface area (Å²) in [6, 6.07) is 9.46. The Morgan fingerprint density at radius 3 is 2.88 bits per heavy atom. The molecule has 1 aromatic carbocycles. The number of nitrogens with one attached hydrogen (secondary N) is 2. The van der Waals surface area contributed by atoms with E-state index in [1.807, 2.05) is 0 Å². The monoisotopic (exact) mass is 596 g/mol. The molecular weight excluding hydrogens is 559 g/mol. The molecular formula is C31H38ClFN6O3. The summed E-state index contributed by atoms with van der Waals surface area (Å²) in [5, 5.41) is 15.1. The number of hydrogen-bond acceptors (Lipinski definition) is 8. The molecule has 2 N–H and O–H groups in total. The SMILES string of the molecule is CCCC1CCCCN(CC(=O)Nc2cc(Nc3cc(-c4cc(Cl)ccc4F)nnc3OC3CCOC3)ccn2)CC1. The molecule has 224 valence electrons. The zero-order valence-electron chi connectivity index (χ0n) is 24.0. The van der Waals surface area contributed by atoms with E-state index in [0.717, 1.165) is 38.3 Å². The van der Waals surface area contributed by atoms with Gasteiger partial charge in [-0.05, 0) is 62.2 Å². The molecule has 4 heterocycles. The zero-order valence-corrected chi connectivity index (χ0v) is 24.7. The van der Waals surface area contributed by atoms with Gasteiger partial charge in [0.1, 0.15) is 23.4 Å². The number of carbonyl (C=O) groups excluding carboxylic acids is 1. The summed E-state index contributed by atoms with van der Waals surface area (Å²) in [5.74, 6) is 0.876. The number of carbonyl (C=O) groups is 1. The van der Waals surface area contributed by atoms with E-state index in [9.17, 15) is 9.18 Å². The molecule has 1 amide bonds. The predicted octanol–water partition coefficient (Wildman–Crippen LogP) is 6.47. The van der Waals surface area contributed by atoms with Gasteiger partial charge in [0.05, 0.1) is 25.5 Å². The zero-order chi connectivity index (χ0) is 29.3. The van der Waals surface area contributed by atoms with E-state index in [4.69, 9.17) is 21.1 Å². The molecule has 0 aliphatic carbocycles. The number of anilines is 3. The molecule has 0 saturated carbocycles. The molecule has 0 spiro atoms. The third-order valence-electron chi connectivity index (χ3n) is 7.69. The number of pyridine rings is 1. The molecule has 2 saturated heterocycles. The highest BCUT2D eigenvalue weighted by atomic mass is 35.5. The van der Waals surface area contributed by atoms with Crippen molar-refractivity contribution in [2.75, 3.05) is 43.5 Å². The second-order valence-corrected chi connectivity index (χ2v) is 11.4. The Morgan fingerprint density at radius 2 is 2.05 bits per heavy atom. The van der Waals surface area contributed by atoms with Gasteiger partial charge in [0.15, 0.2) is 0 Å². The molecule has 2 fully saturated rings. The van der Waals surface area contributed by atoms with Crippen LogP contribution in [0.1, 0.15) is 51.9 Å². The first kappa shape index (κ1) is 30.1. The molecule has 11 heteroatoms. The molecule has 9 nitrogen and oxygen atoms in total. The standard InChI is InChI=1S/C31H38ClFN6O3/c1-2-5-21-6-3-4-13-39(14-10-21)19-30(40)36-29-17-23(9-12-34-29)35-28-18-27(25-16-22(32)7-8-26(25)33)37-38-31(28)42-24-11-15-41-20-24/h7-9,12,16-18,21,24H,2-6,10-11,13-15,19-20H2,1H3,(H2,34,35,36,37,40). The van der Waals surface area contributed by atoms with Crippen molar-refractivity contribution in [1.82, 2.24) is 20.1 Å². The van der Waals surface area contributed by atoms with E-state index in [-0.39, 0.29) is 23.5 Å². The number of amides is 1. The van der Waals surface area contributed by atoms with Crippen molar-refractivity contribution in [2.45, 2.75) is 58.0 Å². The molecule has 0 bridgehead atoms. The van der Waals surface area contributed by atoms with Crippen LogP contribution in [0.25, 0.3) is 11.3 Å². The van der Waals surface area contributed by atoms with Crippen LogP contribution in [0.5, 0.6) is 5.88 Å². The summed E-state index contributed by atoms with van der Waals surface area (Å²) < 4.78 is 26.1. The Morgan fingerprint density at radius 1 is 1.14 bits per heavy atom. The van der Waals surface area contributed by atoms with Crippen molar-refractivity contribution in [3.05, 3.63) is 53.4 Å². The topological polar surface area (TPSA) is 102 Å². The van der Waals surface area contributed by atoms with Gasteiger partial charge in [-0.15, -0.1) is 10.2 Å². The minimum absolute atomic E-state index is 0.0955. The first-order valence-electron chi connectivity index (χ1n) is 14.8. The number of ether oxygens (including phenoxy) is 2. The van der Waals surface area contributed by atoms with Crippen LogP contribution in [0.2, 0.25) is 5.02 Å². The summed E-state index contributed by atoms with van der Waals surface area (Å²) in [4.78, 5) is 19.5. The van der Waals surface area contributed by atoms with E-state index in [2.05, 4.69) is 37.6 Å². The maximum Gasteiger partial charge on any atom is 0.257 e. The van der Waals surface area contributed by atoms with Crippen LogP contribution in [-0.2, 0) is 9.53 Å². The second kappa shape index (κ2) is 14.7. The van der Waals surface area contributed by atoms with Crippen molar-refractivity contribution >= 4 is 34.7 Å². The Balaban J connectivity index is 1.29. The average Bonchev–Trinajstić information content (AvgIpc) is 3.48. The quantitative estimate of drug-likeness (QED) is 0.274. The van der Waals surface area contributed by atoms with Gasteiger partial charge in [0, 0.05) is 35.0 Å². The summed E-state index contributed by atoms with van der Waals surface area (Å²) in [6.07, 6.45) is 9.40. The maximum atomic E-state index is 14.6. The van der Waals surface area contributed by atoms with Crippen molar-refractivity contribution in [3.8, 4) is 17.1 Å². The highest BCUT2D eigenvalue weighted by molar-refractivity contribution is 6.30. The molecule has 2 aliphatic heterocycles. The number of nitrogens with zero attached hydrogens (tertiary/aromatic N) is 4. The third kappa shape index (κ3) is 8.36. The fourth-order valence-corrected chi connectivity index (χ4v) is 5.68. The van der Waals surface area contributed by atoms with E-state index < -0.39 is 5.82 Å². The smallest absolute Gasteiger partial charge is 0.257 e. The molecule has 42 heavy (non-hydrogen) atoms. The molecule has 2 unspecified atom stereocenters. The highest BCUT2D eigenvalue weighted by Crippen LogP contribution is 2.33. The fraction of sp³-hybridized carbons (Fsp3) is 0.484. The molecule has 2 aliphatic rings. The lowest BCUT2D eigenvalue weighted by Crippen LogP contribution is -2.36. The van der Waals surface area contributed by atoms with E-state index >= 15 is 0 Å². The molecule has 2 atom stereocenters. The van der Waals surface area contributed by atoms with Gasteiger partial charge in [-0.25, -0.2) is 9.37 Å². The Hall–Kier alpha value is -3.34. The first-order valence-corrected chi connectivity index (χ1v) is 15.2. The van der Waals surface area contributed by atoms with Crippen molar-refractivity contribution < 1.29 is 18.7 Å². The van der Waals surface area contributed by atoms with Crippen molar-refractivity contribution in [1.29, 1.82) is 0 Å². The van der Waals surface area contributed by atoms with Gasteiger partial charge < -0.3 is 20.1 Å². The lowest BCUT2D eigenvalue weighted by Gasteiger charge is -2.27. The van der Waals surface area contributed by atoms with Gasteiger partial charge >= 0.3 is 0 Å². The highest BCUT2D eigenvalue weighted by Gasteiger charge is 2.22. The van der Waals surface area contributed by atoms with Gasteiger partial charge in [0.2, 0.25) is 5.91 Å². The van der Waals surface area contributed by atoms with Crippen LogP contribution in [0, 0.1) is 11.7 Å².